The van der Waals surface area contributed by atoms with Gasteiger partial charge >= 0.3 is 0 Å². The molecule has 0 aliphatic heterocycles. The molecule has 0 fully saturated rings. The third-order valence-electron chi connectivity index (χ3n) is 3.02. The molecule has 0 radical (unpaired) electrons. The van der Waals surface area contributed by atoms with Crippen LogP contribution in [-0.4, -0.2) is 11.7 Å². The van der Waals surface area contributed by atoms with Crippen LogP contribution in [0.4, 0.5) is 4.39 Å². The number of hydrogen-bond acceptors (Lipinski definition) is 2. The van der Waals surface area contributed by atoms with Gasteiger partial charge in [0.1, 0.15) is 0 Å². The summed E-state index contributed by atoms with van der Waals surface area (Å²) >= 11 is 0. The molecule has 1 aromatic carbocycles. The van der Waals surface area contributed by atoms with Gasteiger partial charge in [-0.2, -0.15) is 0 Å². The first kappa shape index (κ1) is 13.0. The zero-order valence-corrected chi connectivity index (χ0v) is 10.1. The van der Waals surface area contributed by atoms with E-state index in [-0.39, 0.29) is 11.7 Å². The highest BCUT2D eigenvalue weighted by atomic mass is 19.1. The number of benzene rings is 1. The second-order valence-corrected chi connectivity index (χ2v) is 4.59. The second-order valence-electron chi connectivity index (χ2n) is 4.59. The van der Waals surface area contributed by atoms with Crippen molar-refractivity contribution < 1.29 is 9.50 Å². The summed E-state index contributed by atoms with van der Waals surface area (Å²) in [4.78, 5) is 0. The van der Waals surface area contributed by atoms with E-state index in [0.717, 1.165) is 17.5 Å². The molecule has 1 atom stereocenters. The van der Waals surface area contributed by atoms with Gasteiger partial charge in [-0.1, -0.05) is 13.8 Å². The summed E-state index contributed by atoms with van der Waals surface area (Å²) in [5.74, 6) is -0.136. The summed E-state index contributed by atoms with van der Waals surface area (Å²) in [5, 5.41) is 9.42. The van der Waals surface area contributed by atoms with Gasteiger partial charge < -0.3 is 10.8 Å². The molecule has 1 unspecified atom stereocenters. The average Bonchev–Trinajstić information content (AvgIpc) is 2.20. The zero-order valence-electron chi connectivity index (χ0n) is 10.1. The first-order valence-electron chi connectivity index (χ1n) is 5.66. The Labute approximate surface area is 96.3 Å². The molecule has 0 spiro atoms. The molecule has 0 saturated heterocycles. The number of phenols is 1. The van der Waals surface area contributed by atoms with Gasteiger partial charge in [-0.3, -0.25) is 0 Å². The third-order valence-corrected chi connectivity index (χ3v) is 3.02. The summed E-state index contributed by atoms with van der Waals surface area (Å²) in [6, 6.07) is 2.92. The number of halogens is 1. The van der Waals surface area contributed by atoms with Gasteiger partial charge in [0.25, 0.3) is 0 Å². The van der Waals surface area contributed by atoms with Gasteiger partial charge in [0.2, 0.25) is 0 Å². The first-order valence-corrected chi connectivity index (χ1v) is 5.66. The van der Waals surface area contributed by atoms with Crippen molar-refractivity contribution in [2.24, 2.45) is 11.7 Å². The lowest BCUT2D eigenvalue weighted by atomic mass is 9.83. The Morgan fingerprint density at radius 3 is 2.50 bits per heavy atom. The van der Waals surface area contributed by atoms with Crippen LogP contribution in [-0.2, 0) is 0 Å². The third kappa shape index (κ3) is 2.73. The number of aromatic hydroxyl groups is 1. The number of phenolic OH excluding ortho intramolecular Hbond substituents is 1. The number of hydrogen-bond donors (Lipinski definition) is 2. The van der Waals surface area contributed by atoms with E-state index in [1.165, 1.54) is 12.1 Å². The van der Waals surface area contributed by atoms with Gasteiger partial charge in [0.15, 0.2) is 11.6 Å². The van der Waals surface area contributed by atoms with Crippen molar-refractivity contribution in [1.29, 1.82) is 0 Å². The number of rotatable bonds is 4. The molecule has 0 amide bonds. The molecule has 0 saturated carbocycles. The molecule has 2 nitrogen and oxygen atoms in total. The van der Waals surface area contributed by atoms with Crippen LogP contribution in [0.1, 0.15) is 37.3 Å². The Hall–Kier alpha value is -1.09. The summed E-state index contributed by atoms with van der Waals surface area (Å²) in [5.41, 5.74) is 7.46. The normalized spacial score (nSPS) is 13.1. The van der Waals surface area contributed by atoms with Gasteiger partial charge in [-0.15, -0.1) is 0 Å². The maximum atomic E-state index is 13.1. The Balaban J connectivity index is 3.13. The molecule has 90 valence electrons. The minimum absolute atomic E-state index is 0.275. The van der Waals surface area contributed by atoms with E-state index in [4.69, 9.17) is 5.73 Å². The van der Waals surface area contributed by atoms with Crippen LogP contribution in [0.5, 0.6) is 5.75 Å². The summed E-state index contributed by atoms with van der Waals surface area (Å²) in [6.45, 7) is 6.69. The lowest BCUT2D eigenvalue weighted by molar-refractivity contribution is 0.424. The number of aryl methyl sites for hydroxylation is 1. The molecule has 0 bridgehead atoms. The predicted octanol–water partition coefficient (Wildman–Crippen LogP) is 2.93. The van der Waals surface area contributed by atoms with E-state index in [1.807, 2.05) is 6.92 Å². The average molecular weight is 225 g/mol. The molecule has 0 aliphatic rings. The van der Waals surface area contributed by atoms with E-state index < -0.39 is 5.82 Å². The van der Waals surface area contributed by atoms with Crippen molar-refractivity contribution in [3.63, 3.8) is 0 Å². The maximum absolute atomic E-state index is 13.1. The van der Waals surface area contributed by atoms with Gasteiger partial charge in [-0.05, 0) is 55.0 Å². The van der Waals surface area contributed by atoms with E-state index in [1.54, 1.807) is 0 Å². The SMILES string of the molecule is Cc1cc(F)c(O)cc1C(CCN)C(C)C. The number of nitrogens with two attached hydrogens (primary N) is 1. The van der Waals surface area contributed by atoms with Crippen molar-refractivity contribution >= 4 is 0 Å². The molecule has 1 aromatic rings. The molecular weight excluding hydrogens is 205 g/mol. The summed E-state index contributed by atoms with van der Waals surface area (Å²) < 4.78 is 13.1. The summed E-state index contributed by atoms with van der Waals surface area (Å²) in [7, 11) is 0. The Bertz CT molecular complexity index is 363. The Kier molecular flexibility index (Phi) is 4.30. The minimum atomic E-state index is -0.559. The van der Waals surface area contributed by atoms with E-state index in [9.17, 15) is 9.50 Å². The monoisotopic (exact) mass is 225 g/mol. The Morgan fingerprint density at radius 2 is 2.00 bits per heavy atom. The highest BCUT2D eigenvalue weighted by Crippen LogP contribution is 2.33. The quantitative estimate of drug-likeness (QED) is 0.827. The fourth-order valence-corrected chi connectivity index (χ4v) is 2.10. The topological polar surface area (TPSA) is 46.2 Å². The lowest BCUT2D eigenvalue weighted by Gasteiger charge is -2.23. The van der Waals surface area contributed by atoms with Crippen LogP contribution in [0.2, 0.25) is 0 Å². The van der Waals surface area contributed by atoms with Crippen LogP contribution in [0.3, 0.4) is 0 Å². The van der Waals surface area contributed by atoms with E-state index >= 15 is 0 Å². The van der Waals surface area contributed by atoms with E-state index in [2.05, 4.69) is 13.8 Å². The van der Waals surface area contributed by atoms with Crippen molar-refractivity contribution in [1.82, 2.24) is 0 Å². The smallest absolute Gasteiger partial charge is 0.165 e. The van der Waals surface area contributed by atoms with Crippen LogP contribution in [0, 0.1) is 18.7 Å². The van der Waals surface area contributed by atoms with Crippen LogP contribution in [0.25, 0.3) is 0 Å². The lowest BCUT2D eigenvalue weighted by Crippen LogP contribution is -2.14. The fourth-order valence-electron chi connectivity index (χ4n) is 2.10. The second kappa shape index (κ2) is 5.30. The highest BCUT2D eigenvalue weighted by molar-refractivity contribution is 5.38. The standard InChI is InChI=1S/C13H20FNO/c1-8(2)10(4-5-15)11-7-13(16)12(14)6-9(11)3/h6-8,10,16H,4-5,15H2,1-3H3. The summed E-state index contributed by atoms with van der Waals surface area (Å²) in [6.07, 6.45) is 0.851. The van der Waals surface area contributed by atoms with Crippen molar-refractivity contribution in [2.75, 3.05) is 6.54 Å². The maximum Gasteiger partial charge on any atom is 0.165 e. The van der Waals surface area contributed by atoms with Crippen LogP contribution >= 0.6 is 0 Å². The van der Waals surface area contributed by atoms with Gasteiger partial charge in [0, 0.05) is 0 Å². The van der Waals surface area contributed by atoms with Crippen molar-refractivity contribution in [3.05, 3.63) is 29.1 Å². The Morgan fingerprint density at radius 1 is 1.38 bits per heavy atom. The van der Waals surface area contributed by atoms with Crippen LogP contribution in [0.15, 0.2) is 12.1 Å². The molecule has 1 rings (SSSR count). The van der Waals surface area contributed by atoms with Gasteiger partial charge in [-0.25, -0.2) is 4.39 Å². The minimum Gasteiger partial charge on any atom is -0.505 e. The zero-order chi connectivity index (χ0) is 12.3. The predicted molar refractivity (Wildman–Crippen MR) is 64.1 cm³/mol. The molecular formula is C13H20FNO. The first-order chi connectivity index (χ1) is 7.47. The molecule has 0 aliphatic carbocycles. The molecule has 3 heteroatoms. The van der Waals surface area contributed by atoms with Crippen molar-refractivity contribution in [2.45, 2.75) is 33.1 Å². The van der Waals surface area contributed by atoms with Crippen LogP contribution < -0.4 is 5.73 Å². The molecule has 0 heterocycles. The highest BCUT2D eigenvalue weighted by Gasteiger charge is 2.18. The fraction of sp³-hybridized carbons (Fsp3) is 0.538. The van der Waals surface area contributed by atoms with Gasteiger partial charge in [0.05, 0.1) is 0 Å². The van der Waals surface area contributed by atoms with Crippen molar-refractivity contribution in [3.8, 4) is 5.75 Å². The molecule has 0 aromatic heterocycles. The largest absolute Gasteiger partial charge is 0.505 e. The molecule has 3 N–H and O–H groups in total. The molecule has 16 heavy (non-hydrogen) atoms. The van der Waals surface area contributed by atoms with E-state index in [0.29, 0.717) is 12.5 Å².